The van der Waals surface area contributed by atoms with Gasteiger partial charge in [0.15, 0.2) is 0 Å². The molecule has 0 aliphatic carbocycles. The maximum absolute atomic E-state index is 13.6. The summed E-state index contributed by atoms with van der Waals surface area (Å²) in [5, 5.41) is 9.01. The van der Waals surface area contributed by atoms with Crippen molar-refractivity contribution < 1.29 is 23.4 Å². The molecule has 1 rings (SSSR count). The van der Waals surface area contributed by atoms with Crippen LogP contribution in [0.3, 0.4) is 0 Å². The highest BCUT2D eigenvalue weighted by Crippen LogP contribution is 2.39. The van der Waals surface area contributed by atoms with E-state index < -0.39 is 23.4 Å². The van der Waals surface area contributed by atoms with Crippen LogP contribution < -0.4 is 10.5 Å². The number of rotatable bonds is 5. The second-order valence-electron chi connectivity index (χ2n) is 3.94. The molecule has 0 fully saturated rings. The van der Waals surface area contributed by atoms with Crippen LogP contribution in [0.5, 0.6) is 5.75 Å². The molecule has 1 aromatic rings. The Bertz CT molecular complexity index is 443. The SMILES string of the molecule is COc1cccc(C(CN)C(=O)O)c1C(C)(F)F. The molecule has 0 aromatic heterocycles. The van der Waals surface area contributed by atoms with Gasteiger partial charge in [-0.05, 0) is 11.6 Å². The maximum atomic E-state index is 13.6. The average molecular weight is 259 g/mol. The van der Waals surface area contributed by atoms with Crippen molar-refractivity contribution in [2.75, 3.05) is 13.7 Å². The Morgan fingerprint density at radius 1 is 1.56 bits per heavy atom. The van der Waals surface area contributed by atoms with Gasteiger partial charge in [0.25, 0.3) is 5.92 Å². The maximum Gasteiger partial charge on any atom is 0.312 e. The number of hydrogen-bond acceptors (Lipinski definition) is 3. The van der Waals surface area contributed by atoms with Crippen molar-refractivity contribution >= 4 is 5.97 Å². The van der Waals surface area contributed by atoms with Gasteiger partial charge < -0.3 is 15.6 Å². The number of alkyl halides is 2. The summed E-state index contributed by atoms with van der Waals surface area (Å²) in [6.45, 7) is 0.440. The molecular weight excluding hydrogens is 244 g/mol. The summed E-state index contributed by atoms with van der Waals surface area (Å²) in [5.41, 5.74) is 4.90. The molecule has 0 saturated carbocycles. The zero-order valence-electron chi connectivity index (χ0n) is 10.1. The molecule has 0 aliphatic rings. The van der Waals surface area contributed by atoms with E-state index in [-0.39, 0.29) is 17.9 Å². The summed E-state index contributed by atoms with van der Waals surface area (Å²) >= 11 is 0. The van der Waals surface area contributed by atoms with Gasteiger partial charge in [0.2, 0.25) is 0 Å². The molecule has 6 heteroatoms. The van der Waals surface area contributed by atoms with Crippen molar-refractivity contribution in [3.8, 4) is 5.75 Å². The fraction of sp³-hybridized carbons (Fsp3) is 0.417. The van der Waals surface area contributed by atoms with Crippen LogP contribution in [0.2, 0.25) is 0 Å². The lowest BCUT2D eigenvalue weighted by Crippen LogP contribution is -2.25. The van der Waals surface area contributed by atoms with E-state index in [1.807, 2.05) is 0 Å². The largest absolute Gasteiger partial charge is 0.496 e. The molecule has 4 nitrogen and oxygen atoms in total. The molecule has 0 radical (unpaired) electrons. The number of carbonyl (C=O) groups is 1. The molecule has 0 saturated heterocycles. The molecule has 100 valence electrons. The molecule has 3 N–H and O–H groups in total. The van der Waals surface area contributed by atoms with Gasteiger partial charge in [-0.3, -0.25) is 4.79 Å². The molecule has 1 atom stereocenters. The Morgan fingerprint density at radius 3 is 2.56 bits per heavy atom. The van der Waals surface area contributed by atoms with Gasteiger partial charge in [-0.15, -0.1) is 0 Å². The van der Waals surface area contributed by atoms with Crippen LogP contribution >= 0.6 is 0 Å². The third kappa shape index (κ3) is 2.76. The van der Waals surface area contributed by atoms with Crippen molar-refractivity contribution in [1.82, 2.24) is 0 Å². The Hall–Kier alpha value is -1.69. The van der Waals surface area contributed by atoms with Crippen molar-refractivity contribution in [3.63, 3.8) is 0 Å². The van der Waals surface area contributed by atoms with Crippen LogP contribution in [-0.4, -0.2) is 24.7 Å². The van der Waals surface area contributed by atoms with E-state index in [0.717, 1.165) is 0 Å². The number of nitrogens with two attached hydrogens (primary N) is 1. The molecule has 0 aliphatic heterocycles. The monoisotopic (exact) mass is 259 g/mol. The van der Waals surface area contributed by atoms with Crippen LogP contribution in [0.15, 0.2) is 18.2 Å². The molecule has 1 aromatic carbocycles. The van der Waals surface area contributed by atoms with Crippen molar-refractivity contribution in [3.05, 3.63) is 29.3 Å². The second-order valence-corrected chi connectivity index (χ2v) is 3.94. The van der Waals surface area contributed by atoms with Crippen LogP contribution in [0.1, 0.15) is 24.0 Å². The normalized spacial score (nSPS) is 13.2. The van der Waals surface area contributed by atoms with Crippen LogP contribution in [0, 0.1) is 0 Å². The van der Waals surface area contributed by atoms with Gasteiger partial charge in [-0.1, -0.05) is 12.1 Å². The summed E-state index contributed by atoms with van der Waals surface area (Å²) in [4.78, 5) is 11.0. The average Bonchev–Trinajstić information content (AvgIpc) is 2.27. The summed E-state index contributed by atoms with van der Waals surface area (Å²) in [7, 11) is 1.26. The van der Waals surface area contributed by atoms with E-state index in [0.29, 0.717) is 6.92 Å². The number of aliphatic carboxylic acids is 1. The lowest BCUT2D eigenvalue weighted by atomic mass is 9.91. The molecule has 18 heavy (non-hydrogen) atoms. The van der Waals surface area contributed by atoms with E-state index in [4.69, 9.17) is 15.6 Å². The van der Waals surface area contributed by atoms with E-state index in [1.165, 1.54) is 25.3 Å². The molecule has 1 unspecified atom stereocenters. The van der Waals surface area contributed by atoms with Gasteiger partial charge >= 0.3 is 5.97 Å². The molecule has 0 heterocycles. The highest BCUT2D eigenvalue weighted by molar-refractivity contribution is 5.77. The predicted octanol–water partition coefficient (Wildman–Crippen LogP) is 1.93. The standard InChI is InChI=1S/C12H15F2NO3/c1-12(13,14)10-7(8(6-15)11(16)17)4-3-5-9(10)18-2/h3-5,8H,6,15H2,1-2H3,(H,16,17). The summed E-state index contributed by atoms with van der Waals surface area (Å²) in [6, 6.07) is 4.17. The minimum absolute atomic E-state index is 0.0168. The Morgan fingerprint density at radius 2 is 2.17 bits per heavy atom. The highest BCUT2D eigenvalue weighted by atomic mass is 19.3. The topological polar surface area (TPSA) is 72.5 Å². The zero-order chi connectivity index (χ0) is 13.9. The lowest BCUT2D eigenvalue weighted by Gasteiger charge is -2.22. The van der Waals surface area contributed by atoms with Gasteiger partial charge in [0.1, 0.15) is 5.75 Å². The zero-order valence-corrected chi connectivity index (χ0v) is 10.1. The molecular formula is C12H15F2NO3. The van der Waals surface area contributed by atoms with Gasteiger partial charge in [-0.2, -0.15) is 0 Å². The molecule has 0 bridgehead atoms. The van der Waals surface area contributed by atoms with Gasteiger partial charge in [0.05, 0.1) is 18.6 Å². The Balaban J connectivity index is 3.48. The number of methoxy groups -OCH3 is 1. The predicted molar refractivity (Wildman–Crippen MR) is 62.0 cm³/mol. The smallest absolute Gasteiger partial charge is 0.312 e. The summed E-state index contributed by atoms with van der Waals surface area (Å²) in [6.07, 6.45) is 0. The lowest BCUT2D eigenvalue weighted by molar-refractivity contribution is -0.138. The van der Waals surface area contributed by atoms with Crippen LogP contribution in [-0.2, 0) is 10.7 Å². The first-order chi connectivity index (χ1) is 8.32. The summed E-state index contributed by atoms with van der Waals surface area (Å²) < 4.78 is 32.1. The van der Waals surface area contributed by atoms with E-state index in [9.17, 15) is 13.6 Å². The first-order valence-corrected chi connectivity index (χ1v) is 5.31. The number of ether oxygens (including phenoxy) is 1. The highest BCUT2D eigenvalue weighted by Gasteiger charge is 2.35. The molecule has 0 amide bonds. The van der Waals surface area contributed by atoms with E-state index in [2.05, 4.69) is 0 Å². The third-order valence-corrected chi connectivity index (χ3v) is 2.63. The van der Waals surface area contributed by atoms with Gasteiger partial charge in [-0.25, -0.2) is 8.78 Å². The van der Waals surface area contributed by atoms with Gasteiger partial charge in [0, 0.05) is 13.5 Å². The minimum Gasteiger partial charge on any atom is -0.496 e. The van der Waals surface area contributed by atoms with Crippen molar-refractivity contribution in [1.29, 1.82) is 0 Å². The fourth-order valence-electron chi connectivity index (χ4n) is 1.84. The second kappa shape index (κ2) is 5.30. The quantitative estimate of drug-likeness (QED) is 0.847. The van der Waals surface area contributed by atoms with Crippen LogP contribution in [0.25, 0.3) is 0 Å². The van der Waals surface area contributed by atoms with Crippen molar-refractivity contribution in [2.24, 2.45) is 5.73 Å². The van der Waals surface area contributed by atoms with Crippen molar-refractivity contribution in [2.45, 2.75) is 18.8 Å². The summed E-state index contributed by atoms with van der Waals surface area (Å²) in [5.74, 6) is -5.66. The molecule has 0 spiro atoms. The number of carboxylic acid groups (broad SMARTS) is 1. The Labute approximate surface area is 103 Å². The van der Waals surface area contributed by atoms with Crippen LogP contribution in [0.4, 0.5) is 8.78 Å². The Kier molecular flexibility index (Phi) is 4.24. The number of hydrogen-bond donors (Lipinski definition) is 2. The minimum atomic E-state index is -3.20. The number of benzene rings is 1. The first kappa shape index (κ1) is 14.4. The van der Waals surface area contributed by atoms with E-state index >= 15 is 0 Å². The number of halogens is 2. The number of carboxylic acids is 1. The fourth-order valence-corrected chi connectivity index (χ4v) is 1.84. The first-order valence-electron chi connectivity index (χ1n) is 5.31. The third-order valence-electron chi connectivity index (χ3n) is 2.63. The van der Waals surface area contributed by atoms with E-state index in [1.54, 1.807) is 0 Å².